The Morgan fingerprint density at radius 2 is 1.49 bits per heavy atom. The second-order valence-electron chi connectivity index (χ2n) is 10.8. The first-order valence-corrected chi connectivity index (χ1v) is 16.5. The Kier molecular flexibility index (Phi) is 11.2. The number of nitrogens with one attached hydrogen (secondary N) is 1. The number of sulfonamides is 1. The monoisotopic (exact) mass is 661 g/mol. The van der Waals surface area contributed by atoms with Crippen LogP contribution >= 0.6 is 0 Å². The molecule has 5 rings (SSSR count). The Morgan fingerprint density at radius 1 is 0.872 bits per heavy atom. The zero-order valence-electron chi connectivity index (χ0n) is 25.9. The number of benzene rings is 4. The third-order valence-electron chi connectivity index (χ3n) is 7.68. The van der Waals surface area contributed by atoms with Crippen LogP contribution in [0.3, 0.4) is 0 Å². The lowest BCUT2D eigenvalue weighted by Gasteiger charge is -2.31. The van der Waals surface area contributed by atoms with Crippen LogP contribution in [-0.2, 0) is 37.4 Å². The van der Waals surface area contributed by atoms with Gasteiger partial charge in [-0.3, -0.25) is 9.59 Å². The van der Waals surface area contributed by atoms with E-state index in [0.29, 0.717) is 30.1 Å². The van der Waals surface area contributed by atoms with Crippen LogP contribution in [0, 0.1) is 5.82 Å². The van der Waals surface area contributed by atoms with Gasteiger partial charge in [-0.25, -0.2) is 12.8 Å². The number of carbonyl (C=O) groups excluding carboxylic acids is 2. The van der Waals surface area contributed by atoms with Crippen molar-refractivity contribution in [2.45, 2.75) is 24.0 Å². The maximum atomic E-state index is 13.9. The zero-order chi connectivity index (χ0) is 33.2. The summed E-state index contributed by atoms with van der Waals surface area (Å²) in [5.41, 5.74) is 2.03. The Bertz CT molecular complexity index is 1730. The van der Waals surface area contributed by atoms with Crippen molar-refractivity contribution in [1.82, 2.24) is 14.5 Å². The first-order chi connectivity index (χ1) is 22.7. The molecule has 47 heavy (non-hydrogen) atoms. The lowest BCUT2D eigenvalue weighted by Crippen LogP contribution is -2.45. The lowest BCUT2D eigenvalue weighted by atomic mass is 10.0. The highest BCUT2D eigenvalue weighted by Crippen LogP contribution is 2.26. The van der Waals surface area contributed by atoms with Crippen LogP contribution in [0.5, 0.6) is 11.5 Å². The number of ether oxygens (including phenoxy) is 3. The van der Waals surface area contributed by atoms with E-state index in [4.69, 9.17) is 14.2 Å². The molecule has 1 unspecified atom stereocenters. The second kappa shape index (κ2) is 15.7. The van der Waals surface area contributed by atoms with Crippen molar-refractivity contribution in [3.05, 3.63) is 126 Å². The predicted molar refractivity (Wildman–Crippen MR) is 172 cm³/mol. The first kappa shape index (κ1) is 33.6. The number of amides is 2. The third-order valence-corrected chi connectivity index (χ3v) is 9.59. The summed E-state index contributed by atoms with van der Waals surface area (Å²) >= 11 is 0. The van der Waals surface area contributed by atoms with Crippen LogP contribution in [-0.4, -0.2) is 69.5 Å². The van der Waals surface area contributed by atoms with Gasteiger partial charge < -0.3 is 24.4 Å². The second-order valence-corrected chi connectivity index (χ2v) is 12.7. The highest BCUT2D eigenvalue weighted by molar-refractivity contribution is 7.89. The molecule has 1 heterocycles. The molecule has 0 aliphatic carbocycles. The predicted octanol–water partition coefficient (Wildman–Crippen LogP) is 4.32. The number of rotatable bonds is 13. The van der Waals surface area contributed by atoms with Crippen LogP contribution in [0.4, 0.5) is 4.39 Å². The highest BCUT2D eigenvalue weighted by atomic mass is 32.2. The van der Waals surface area contributed by atoms with Gasteiger partial charge >= 0.3 is 0 Å². The summed E-state index contributed by atoms with van der Waals surface area (Å²) in [4.78, 5) is 29.3. The molecule has 2 amide bonds. The molecule has 1 N–H and O–H groups in total. The Hall–Kier alpha value is -4.78. The van der Waals surface area contributed by atoms with Gasteiger partial charge in [0.05, 0.1) is 25.2 Å². The van der Waals surface area contributed by atoms with Gasteiger partial charge in [0.2, 0.25) is 15.9 Å². The van der Waals surface area contributed by atoms with E-state index in [-0.39, 0.29) is 36.8 Å². The summed E-state index contributed by atoms with van der Waals surface area (Å²) < 4.78 is 57.4. The molecule has 0 radical (unpaired) electrons. The molecule has 0 saturated carbocycles. The first-order valence-electron chi connectivity index (χ1n) is 15.0. The molecule has 4 aromatic rings. The standard InChI is InChI=1S/C35H36FN3O7S/c1-44-30-13-9-26(10-14-30)23-37-35(41)34(28-5-3-2-4-6-28)39(24-27-7-11-29(36)12-8-27)33(40)25-46-31-15-17-32(18-16-31)47(42,43)38-19-21-45-22-20-38/h2-18,34H,19-25H2,1H3,(H,37,41). The van der Waals surface area contributed by atoms with Gasteiger partial charge in [-0.2, -0.15) is 4.31 Å². The summed E-state index contributed by atoms with van der Waals surface area (Å²) in [6, 6.07) is 26.7. The minimum absolute atomic E-state index is 0.00524. The van der Waals surface area contributed by atoms with Crippen LogP contribution in [0.15, 0.2) is 108 Å². The van der Waals surface area contributed by atoms with Crippen molar-refractivity contribution in [2.75, 3.05) is 40.0 Å². The van der Waals surface area contributed by atoms with Crippen LogP contribution in [0.1, 0.15) is 22.7 Å². The van der Waals surface area contributed by atoms with E-state index >= 15 is 0 Å². The van der Waals surface area contributed by atoms with Crippen molar-refractivity contribution >= 4 is 21.8 Å². The molecule has 1 saturated heterocycles. The zero-order valence-corrected chi connectivity index (χ0v) is 26.7. The molecule has 1 fully saturated rings. The molecule has 0 spiro atoms. The largest absolute Gasteiger partial charge is 0.497 e. The fourth-order valence-electron chi connectivity index (χ4n) is 5.12. The van der Waals surface area contributed by atoms with Crippen LogP contribution in [0.2, 0.25) is 0 Å². The smallest absolute Gasteiger partial charge is 0.261 e. The van der Waals surface area contributed by atoms with Gasteiger partial charge in [0.1, 0.15) is 23.4 Å². The van der Waals surface area contributed by atoms with E-state index in [1.807, 2.05) is 18.2 Å². The fourth-order valence-corrected chi connectivity index (χ4v) is 6.53. The molecular formula is C35H36FN3O7S. The molecule has 1 atom stereocenters. The molecule has 1 aliphatic rings. The van der Waals surface area contributed by atoms with E-state index in [2.05, 4.69) is 5.32 Å². The number of nitrogens with zero attached hydrogens (tertiary/aromatic N) is 2. The van der Waals surface area contributed by atoms with Crippen molar-refractivity contribution in [1.29, 1.82) is 0 Å². The van der Waals surface area contributed by atoms with Gasteiger partial charge in [0.25, 0.3) is 5.91 Å². The molecule has 10 nitrogen and oxygen atoms in total. The van der Waals surface area contributed by atoms with E-state index in [9.17, 15) is 22.4 Å². The number of morpholine rings is 1. The van der Waals surface area contributed by atoms with Crippen molar-refractivity contribution in [3.8, 4) is 11.5 Å². The Morgan fingerprint density at radius 3 is 2.13 bits per heavy atom. The maximum Gasteiger partial charge on any atom is 0.261 e. The molecule has 4 aromatic carbocycles. The summed E-state index contributed by atoms with van der Waals surface area (Å²) in [5.74, 6) is -0.383. The number of hydrogen-bond donors (Lipinski definition) is 1. The molecular weight excluding hydrogens is 625 g/mol. The average Bonchev–Trinajstić information content (AvgIpc) is 3.11. The van der Waals surface area contributed by atoms with Crippen molar-refractivity contribution in [3.63, 3.8) is 0 Å². The van der Waals surface area contributed by atoms with Gasteiger partial charge in [-0.1, -0.05) is 54.6 Å². The Labute approximate surface area is 273 Å². The minimum atomic E-state index is -3.70. The van der Waals surface area contributed by atoms with Gasteiger partial charge in [-0.15, -0.1) is 0 Å². The summed E-state index contributed by atoms with van der Waals surface area (Å²) in [5, 5.41) is 2.94. The van der Waals surface area contributed by atoms with Gasteiger partial charge in [0.15, 0.2) is 6.61 Å². The molecule has 1 aliphatic heterocycles. The quantitative estimate of drug-likeness (QED) is 0.227. The number of carbonyl (C=O) groups is 2. The lowest BCUT2D eigenvalue weighted by molar-refractivity contribution is -0.143. The van der Waals surface area contributed by atoms with E-state index in [1.54, 1.807) is 55.6 Å². The van der Waals surface area contributed by atoms with E-state index < -0.39 is 40.3 Å². The maximum absolute atomic E-state index is 13.9. The SMILES string of the molecule is COc1ccc(CNC(=O)C(c2ccccc2)N(Cc2ccc(F)cc2)C(=O)COc2ccc(S(=O)(=O)N3CCOCC3)cc2)cc1. The number of hydrogen-bond acceptors (Lipinski definition) is 7. The molecule has 0 bridgehead atoms. The summed E-state index contributed by atoms with van der Waals surface area (Å²) in [6.45, 7) is 0.979. The van der Waals surface area contributed by atoms with Crippen molar-refractivity contribution in [2.24, 2.45) is 0 Å². The number of halogens is 1. The van der Waals surface area contributed by atoms with E-state index in [0.717, 1.165) is 5.56 Å². The van der Waals surface area contributed by atoms with Gasteiger partial charge in [0, 0.05) is 26.2 Å². The molecule has 12 heteroatoms. The van der Waals surface area contributed by atoms with Crippen LogP contribution in [0.25, 0.3) is 0 Å². The minimum Gasteiger partial charge on any atom is -0.497 e. The topological polar surface area (TPSA) is 114 Å². The van der Waals surface area contributed by atoms with E-state index in [1.165, 1.54) is 45.6 Å². The average molecular weight is 662 g/mol. The van der Waals surface area contributed by atoms with Crippen molar-refractivity contribution < 1.29 is 36.6 Å². The fraction of sp³-hybridized carbons (Fsp3) is 0.257. The van der Waals surface area contributed by atoms with Crippen LogP contribution < -0.4 is 14.8 Å². The summed E-state index contributed by atoms with van der Waals surface area (Å²) in [7, 11) is -2.12. The highest BCUT2D eigenvalue weighted by Gasteiger charge is 2.32. The molecule has 246 valence electrons. The van der Waals surface area contributed by atoms with Gasteiger partial charge in [-0.05, 0) is 65.2 Å². The Balaban J connectivity index is 1.36. The third kappa shape index (κ3) is 8.73. The summed E-state index contributed by atoms with van der Waals surface area (Å²) in [6.07, 6.45) is 0. The normalized spacial score (nSPS) is 14.2. The molecule has 0 aromatic heterocycles. The number of methoxy groups -OCH3 is 1.